The van der Waals surface area contributed by atoms with Crippen molar-refractivity contribution in [2.75, 3.05) is 0 Å². The predicted molar refractivity (Wildman–Crippen MR) is 77.7 cm³/mol. The van der Waals surface area contributed by atoms with E-state index in [4.69, 9.17) is 0 Å². The summed E-state index contributed by atoms with van der Waals surface area (Å²) in [6.07, 6.45) is 5.30. The Morgan fingerprint density at radius 3 is 2.71 bits per heavy atom. The molecule has 0 aliphatic heterocycles. The normalized spacial score (nSPS) is 10.7. The maximum atomic E-state index is 12.4. The van der Waals surface area contributed by atoms with Crippen molar-refractivity contribution < 1.29 is 4.79 Å². The zero-order valence-corrected chi connectivity index (χ0v) is 11.9. The lowest BCUT2D eigenvalue weighted by Crippen LogP contribution is -2.21. The first-order valence-electron chi connectivity index (χ1n) is 6.12. The molecular weight excluding hydrogens is 288 g/mol. The van der Waals surface area contributed by atoms with Crippen LogP contribution in [-0.2, 0) is 0 Å². The van der Waals surface area contributed by atoms with Crippen molar-refractivity contribution in [3.8, 4) is 0 Å². The molecular formula is C14H10N4O2S. The molecule has 0 aromatic carbocycles. The van der Waals surface area contributed by atoms with Gasteiger partial charge in [-0.25, -0.2) is 15.0 Å². The first-order valence-corrected chi connectivity index (χ1v) is 6.94. The molecule has 0 saturated carbocycles. The van der Waals surface area contributed by atoms with Crippen LogP contribution in [0.5, 0.6) is 0 Å². The van der Waals surface area contributed by atoms with Gasteiger partial charge in [-0.3, -0.25) is 14.0 Å². The van der Waals surface area contributed by atoms with Crippen LogP contribution in [0.25, 0.3) is 5.65 Å². The van der Waals surface area contributed by atoms with E-state index in [1.807, 2.05) is 13.0 Å². The van der Waals surface area contributed by atoms with E-state index >= 15 is 0 Å². The number of nitrogens with zero attached hydrogens (tertiary/aromatic N) is 4. The first-order chi connectivity index (χ1) is 10.2. The topological polar surface area (TPSA) is 77.2 Å². The molecule has 3 aromatic heterocycles. The molecule has 0 atom stereocenters. The van der Waals surface area contributed by atoms with Crippen molar-refractivity contribution in [3.63, 3.8) is 0 Å². The van der Waals surface area contributed by atoms with E-state index in [9.17, 15) is 9.59 Å². The van der Waals surface area contributed by atoms with Crippen LogP contribution in [0.2, 0.25) is 0 Å². The first kappa shape index (κ1) is 13.4. The summed E-state index contributed by atoms with van der Waals surface area (Å²) in [5, 5.41) is 0.751. The fraction of sp³-hybridized carbons (Fsp3) is 0.0714. The van der Waals surface area contributed by atoms with Gasteiger partial charge in [0.25, 0.3) is 5.56 Å². The average molecular weight is 298 g/mol. The fourth-order valence-electron chi connectivity index (χ4n) is 1.90. The Kier molecular flexibility index (Phi) is 3.49. The summed E-state index contributed by atoms with van der Waals surface area (Å²) < 4.78 is 1.37. The van der Waals surface area contributed by atoms with Crippen molar-refractivity contribution in [1.29, 1.82) is 0 Å². The van der Waals surface area contributed by atoms with Gasteiger partial charge >= 0.3 is 0 Å². The van der Waals surface area contributed by atoms with Crippen LogP contribution in [0.3, 0.4) is 0 Å². The largest absolute Gasteiger partial charge is 0.298 e. The van der Waals surface area contributed by atoms with Crippen molar-refractivity contribution in [2.24, 2.45) is 0 Å². The van der Waals surface area contributed by atoms with Gasteiger partial charge in [0, 0.05) is 18.6 Å². The van der Waals surface area contributed by atoms with Crippen LogP contribution in [0.15, 0.2) is 51.8 Å². The molecule has 0 fully saturated rings. The summed E-state index contributed by atoms with van der Waals surface area (Å²) in [6.45, 7) is 1.86. The smallest absolute Gasteiger partial charge is 0.269 e. The third-order valence-electron chi connectivity index (χ3n) is 2.90. The summed E-state index contributed by atoms with van der Waals surface area (Å²) in [7, 11) is 0. The minimum Gasteiger partial charge on any atom is -0.298 e. The quantitative estimate of drug-likeness (QED) is 0.416. The number of aldehydes is 1. The highest BCUT2D eigenvalue weighted by molar-refractivity contribution is 7.99. The zero-order chi connectivity index (χ0) is 14.8. The van der Waals surface area contributed by atoms with Crippen molar-refractivity contribution in [3.05, 3.63) is 58.3 Å². The van der Waals surface area contributed by atoms with E-state index in [0.29, 0.717) is 22.1 Å². The SMILES string of the molecule is Cc1cccn2c(=O)c(C=O)c(Sc3ncccn3)nc12. The third-order valence-corrected chi connectivity index (χ3v) is 3.80. The molecule has 0 bridgehead atoms. The second-order valence-corrected chi connectivity index (χ2v) is 5.23. The molecule has 0 aliphatic carbocycles. The molecule has 3 heterocycles. The molecule has 0 saturated heterocycles. The van der Waals surface area contributed by atoms with Gasteiger partial charge in [-0.2, -0.15) is 0 Å². The van der Waals surface area contributed by atoms with Crippen LogP contribution < -0.4 is 5.56 Å². The van der Waals surface area contributed by atoms with Gasteiger partial charge in [-0.15, -0.1) is 0 Å². The van der Waals surface area contributed by atoms with Gasteiger partial charge in [-0.1, -0.05) is 6.07 Å². The minimum atomic E-state index is -0.392. The van der Waals surface area contributed by atoms with Crippen LogP contribution in [0.1, 0.15) is 15.9 Å². The van der Waals surface area contributed by atoms with E-state index in [0.717, 1.165) is 17.3 Å². The van der Waals surface area contributed by atoms with E-state index < -0.39 is 5.56 Å². The summed E-state index contributed by atoms with van der Waals surface area (Å²) in [4.78, 5) is 36.2. The van der Waals surface area contributed by atoms with Crippen LogP contribution in [0.4, 0.5) is 0 Å². The molecule has 0 N–H and O–H groups in total. The molecule has 7 heteroatoms. The van der Waals surface area contributed by atoms with Crippen molar-refractivity contribution in [2.45, 2.75) is 17.1 Å². The summed E-state index contributed by atoms with van der Waals surface area (Å²) in [5.41, 5.74) is 0.988. The summed E-state index contributed by atoms with van der Waals surface area (Å²) in [6, 6.07) is 5.29. The Morgan fingerprint density at radius 2 is 2.00 bits per heavy atom. The Bertz CT molecular complexity index is 877. The third kappa shape index (κ3) is 2.43. The van der Waals surface area contributed by atoms with E-state index in [-0.39, 0.29) is 5.56 Å². The fourth-order valence-corrected chi connectivity index (χ4v) is 2.67. The lowest BCUT2D eigenvalue weighted by atomic mass is 10.3. The van der Waals surface area contributed by atoms with Crippen LogP contribution in [0, 0.1) is 6.92 Å². The molecule has 3 rings (SSSR count). The summed E-state index contributed by atoms with van der Waals surface area (Å²) >= 11 is 1.10. The molecule has 0 radical (unpaired) electrons. The Hall–Kier alpha value is -2.54. The minimum absolute atomic E-state index is 0.00977. The van der Waals surface area contributed by atoms with E-state index in [1.54, 1.807) is 30.7 Å². The molecule has 21 heavy (non-hydrogen) atoms. The molecule has 0 aliphatic rings. The number of fused-ring (bicyclic) bond motifs is 1. The highest BCUT2D eigenvalue weighted by atomic mass is 32.2. The maximum absolute atomic E-state index is 12.4. The lowest BCUT2D eigenvalue weighted by molar-refractivity contribution is 0.111. The molecule has 0 spiro atoms. The molecule has 104 valence electrons. The van der Waals surface area contributed by atoms with Crippen LogP contribution >= 0.6 is 11.8 Å². The van der Waals surface area contributed by atoms with Gasteiger partial charge in [0.05, 0.1) is 0 Å². The monoisotopic (exact) mass is 298 g/mol. The molecule has 0 amide bonds. The molecule has 6 nitrogen and oxygen atoms in total. The number of hydrogen-bond acceptors (Lipinski definition) is 6. The second kappa shape index (κ2) is 5.45. The highest BCUT2D eigenvalue weighted by Gasteiger charge is 2.15. The van der Waals surface area contributed by atoms with Crippen LogP contribution in [-0.4, -0.2) is 25.6 Å². The van der Waals surface area contributed by atoms with Gasteiger partial charge in [0.1, 0.15) is 16.2 Å². The number of hydrogen-bond donors (Lipinski definition) is 0. The van der Waals surface area contributed by atoms with Gasteiger partial charge < -0.3 is 0 Å². The van der Waals surface area contributed by atoms with Gasteiger partial charge in [-0.05, 0) is 36.4 Å². The second-order valence-electron chi connectivity index (χ2n) is 4.27. The number of carbonyl (C=O) groups excluding carboxylic acids is 1. The summed E-state index contributed by atoms with van der Waals surface area (Å²) in [5.74, 6) is 0. The number of rotatable bonds is 3. The lowest BCUT2D eigenvalue weighted by Gasteiger charge is -2.07. The van der Waals surface area contributed by atoms with Crippen molar-refractivity contribution in [1.82, 2.24) is 19.4 Å². The number of carbonyl (C=O) groups is 1. The Morgan fingerprint density at radius 1 is 1.24 bits per heavy atom. The Balaban J connectivity index is 2.24. The molecule has 3 aromatic rings. The van der Waals surface area contributed by atoms with Crippen molar-refractivity contribution >= 4 is 23.7 Å². The van der Waals surface area contributed by atoms with E-state index in [1.165, 1.54) is 4.40 Å². The van der Waals surface area contributed by atoms with Gasteiger partial charge in [0.2, 0.25) is 0 Å². The maximum Gasteiger partial charge on any atom is 0.269 e. The number of aromatic nitrogens is 4. The zero-order valence-electron chi connectivity index (χ0n) is 11.1. The van der Waals surface area contributed by atoms with Gasteiger partial charge in [0.15, 0.2) is 11.4 Å². The average Bonchev–Trinajstić information content (AvgIpc) is 2.50. The number of pyridine rings is 1. The highest BCUT2D eigenvalue weighted by Crippen LogP contribution is 2.24. The molecule has 0 unspecified atom stereocenters. The number of aryl methyl sites for hydroxylation is 1. The predicted octanol–water partition coefficient (Wildman–Crippen LogP) is 1.76. The standard InChI is InChI=1S/C14H10N4O2S/c1-9-4-2-7-18-11(9)17-12(10(8-19)13(18)20)21-14-15-5-3-6-16-14/h2-8H,1H3. The Labute approximate surface area is 123 Å². The van der Waals surface area contributed by atoms with E-state index in [2.05, 4.69) is 15.0 Å².